The van der Waals surface area contributed by atoms with Gasteiger partial charge >= 0.3 is 0 Å². The van der Waals surface area contributed by atoms with Crippen LogP contribution in [0.5, 0.6) is 0 Å². The molecule has 0 radical (unpaired) electrons. The van der Waals surface area contributed by atoms with Gasteiger partial charge in [-0.3, -0.25) is 14.4 Å². The molecule has 0 aromatic carbocycles. The van der Waals surface area contributed by atoms with Crippen molar-refractivity contribution < 1.29 is 9.53 Å². The summed E-state index contributed by atoms with van der Waals surface area (Å²) in [5, 5.41) is 4.41. The van der Waals surface area contributed by atoms with Crippen LogP contribution in [0.15, 0.2) is 0 Å². The number of rotatable bonds is 3. The Balaban J connectivity index is 1.71. The van der Waals surface area contributed by atoms with Gasteiger partial charge in [-0.25, -0.2) is 0 Å². The van der Waals surface area contributed by atoms with Gasteiger partial charge in [0.25, 0.3) is 5.91 Å². The van der Waals surface area contributed by atoms with Gasteiger partial charge in [0.05, 0.1) is 5.69 Å². The summed E-state index contributed by atoms with van der Waals surface area (Å²) in [4.78, 5) is 16.3. The van der Waals surface area contributed by atoms with E-state index in [4.69, 9.17) is 4.74 Å². The molecule has 1 aromatic rings. The maximum atomic E-state index is 12.2. The maximum absolute atomic E-state index is 12.2. The first kappa shape index (κ1) is 14.5. The molecule has 1 saturated heterocycles. The molecule has 3 heterocycles. The molecule has 0 atom stereocenters. The zero-order chi connectivity index (χ0) is 15.0. The van der Waals surface area contributed by atoms with Crippen LogP contribution in [0.25, 0.3) is 0 Å². The summed E-state index contributed by atoms with van der Waals surface area (Å²) >= 11 is 0. The van der Waals surface area contributed by atoms with Crippen molar-refractivity contribution in [2.24, 2.45) is 13.0 Å². The van der Waals surface area contributed by atoms with Crippen LogP contribution >= 0.6 is 0 Å². The van der Waals surface area contributed by atoms with Crippen molar-refractivity contribution in [1.29, 1.82) is 0 Å². The molecule has 0 saturated carbocycles. The molecule has 3 rings (SSSR count). The number of hydrogen-bond acceptors (Lipinski definition) is 4. The molecule has 1 amide bonds. The lowest BCUT2D eigenvalue weighted by Crippen LogP contribution is -2.30. The minimum absolute atomic E-state index is 0.000216. The van der Waals surface area contributed by atoms with E-state index in [1.54, 1.807) is 19.0 Å². The summed E-state index contributed by atoms with van der Waals surface area (Å²) in [6.07, 6.45) is 2.29. The monoisotopic (exact) mass is 292 g/mol. The SMILES string of the molecule is CN(C)C(=O)c1nn(C)c2c1CN(CC1CCOCC1)C2. The van der Waals surface area contributed by atoms with Gasteiger partial charge in [0.15, 0.2) is 5.69 Å². The van der Waals surface area contributed by atoms with E-state index in [2.05, 4.69) is 10.00 Å². The first-order chi connectivity index (χ1) is 10.1. The second-order valence-corrected chi connectivity index (χ2v) is 6.32. The van der Waals surface area contributed by atoms with Gasteiger partial charge in [-0.05, 0) is 18.8 Å². The smallest absolute Gasteiger partial charge is 0.274 e. The molecular formula is C15H24N4O2. The molecule has 6 heteroatoms. The number of hydrogen-bond donors (Lipinski definition) is 0. The van der Waals surface area contributed by atoms with E-state index in [1.165, 1.54) is 5.69 Å². The highest BCUT2D eigenvalue weighted by atomic mass is 16.5. The Morgan fingerprint density at radius 2 is 2.05 bits per heavy atom. The van der Waals surface area contributed by atoms with E-state index >= 15 is 0 Å². The highest BCUT2D eigenvalue weighted by molar-refractivity contribution is 5.93. The van der Waals surface area contributed by atoms with E-state index in [0.29, 0.717) is 11.6 Å². The summed E-state index contributed by atoms with van der Waals surface area (Å²) in [6.45, 7) is 4.61. The van der Waals surface area contributed by atoms with E-state index in [-0.39, 0.29) is 5.91 Å². The summed E-state index contributed by atoms with van der Waals surface area (Å²) in [7, 11) is 5.49. The number of aromatic nitrogens is 2. The highest BCUT2D eigenvalue weighted by Crippen LogP contribution is 2.28. The van der Waals surface area contributed by atoms with Gasteiger partial charge in [0.2, 0.25) is 0 Å². The highest BCUT2D eigenvalue weighted by Gasteiger charge is 2.31. The van der Waals surface area contributed by atoms with Crippen LogP contribution in [0.4, 0.5) is 0 Å². The summed E-state index contributed by atoms with van der Waals surface area (Å²) in [5.74, 6) is 0.716. The molecule has 2 aliphatic rings. The van der Waals surface area contributed by atoms with Crippen LogP contribution in [-0.2, 0) is 24.9 Å². The maximum Gasteiger partial charge on any atom is 0.274 e. The molecule has 0 unspecified atom stereocenters. The molecule has 116 valence electrons. The lowest BCUT2D eigenvalue weighted by molar-refractivity contribution is 0.0517. The van der Waals surface area contributed by atoms with Crippen LogP contribution in [0, 0.1) is 5.92 Å². The zero-order valence-electron chi connectivity index (χ0n) is 13.1. The number of amides is 1. The molecule has 6 nitrogen and oxygen atoms in total. The predicted octanol–water partition coefficient (Wildman–Crippen LogP) is 0.864. The van der Waals surface area contributed by atoms with Crippen molar-refractivity contribution in [2.45, 2.75) is 25.9 Å². The lowest BCUT2D eigenvalue weighted by atomic mass is 10.00. The summed E-state index contributed by atoms with van der Waals surface area (Å²) < 4.78 is 7.30. The standard InChI is InChI=1S/C15H24N4O2/c1-17(2)15(20)14-12-9-19(10-13(12)18(3)16-14)8-11-4-6-21-7-5-11/h11H,4-10H2,1-3H3. The molecular weight excluding hydrogens is 268 g/mol. The third-order valence-electron chi connectivity index (χ3n) is 4.50. The van der Waals surface area contributed by atoms with Crippen LogP contribution in [0.3, 0.4) is 0 Å². The second kappa shape index (κ2) is 5.77. The van der Waals surface area contributed by atoms with Gasteiger partial charge in [-0.1, -0.05) is 0 Å². The lowest BCUT2D eigenvalue weighted by Gasteiger charge is -2.26. The van der Waals surface area contributed by atoms with Crippen molar-refractivity contribution in [2.75, 3.05) is 33.9 Å². The van der Waals surface area contributed by atoms with Gasteiger partial charge in [-0.2, -0.15) is 5.10 Å². The largest absolute Gasteiger partial charge is 0.381 e. The van der Waals surface area contributed by atoms with Crippen molar-refractivity contribution in [3.63, 3.8) is 0 Å². The topological polar surface area (TPSA) is 50.6 Å². The Morgan fingerprint density at radius 1 is 1.33 bits per heavy atom. The van der Waals surface area contributed by atoms with Gasteiger partial charge in [0.1, 0.15) is 0 Å². The number of aryl methyl sites for hydroxylation is 1. The number of fused-ring (bicyclic) bond motifs is 1. The molecule has 0 spiro atoms. The number of carbonyl (C=O) groups is 1. The Morgan fingerprint density at radius 3 is 2.71 bits per heavy atom. The first-order valence-corrected chi connectivity index (χ1v) is 7.62. The van der Waals surface area contributed by atoms with E-state index in [1.807, 2.05) is 11.7 Å². The first-order valence-electron chi connectivity index (χ1n) is 7.62. The average molecular weight is 292 g/mol. The van der Waals surface area contributed by atoms with E-state index in [0.717, 1.165) is 51.3 Å². The van der Waals surface area contributed by atoms with Crippen LogP contribution < -0.4 is 0 Å². The fourth-order valence-electron chi connectivity index (χ4n) is 3.26. The fraction of sp³-hybridized carbons (Fsp3) is 0.733. The van der Waals surface area contributed by atoms with Gasteiger partial charge in [-0.15, -0.1) is 0 Å². The average Bonchev–Trinajstić information content (AvgIpc) is 3.00. The Hall–Kier alpha value is -1.40. The quantitative estimate of drug-likeness (QED) is 0.829. The van der Waals surface area contributed by atoms with Crippen molar-refractivity contribution in [3.05, 3.63) is 17.0 Å². The molecule has 0 N–H and O–H groups in total. The Kier molecular flexibility index (Phi) is 3.99. The minimum atomic E-state index is -0.000216. The van der Waals surface area contributed by atoms with Gasteiger partial charge in [0, 0.05) is 59.6 Å². The molecule has 0 aliphatic carbocycles. The van der Waals surface area contributed by atoms with E-state index in [9.17, 15) is 4.79 Å². The molecule has 0 bridgehead atoms. The summed E-state index contributed by atoms with van der Waals surface area (Å²) in [5.41, 5.74) is 2.92. The van der Waals surface area contributed by atoms with Crippen LogP contribution in [0.2, 0.25) is 0 Å². The number of ether oxygens (including phenoxy) is 1. The fourth-order valence-corrected chi connectivity index (χ4v) is 3.26. The molecule has 1 aromatic heterocycles. The van der Waals surface area contributed by atoms with Crippen molar-refractivity contribution in [1.82, 2.24) is 19.6 Å². The normalized spacial score (nSPS) is 19.8. The molecule has 2 aliphatic heterocycles. The zero-order valence-corrected chi connectivity index (χ0v) is 13.1. The predicted molar refractivity (Wildman–Crippen MR) is 78.9 cm³/mol. The summed E-state index contributed by atoms with van der Waals surface area (Å²) in [6, 6.07) is 0. The second-order valence-electron chi connectivity index (χ2n) is 6.32. The van der Waals surface area contributed by atoms with Crippen LogP contribution in [-0.4, -0.2) is 59.3 Å². The van der Waals surface area contributed by atoms with Gasteiger partial charge < -0.3 is 9.64 Å². The van der Waals surface area contributed by atoms with Crippen molar-refractivity contribution in [3.8, 4) is 0 Å². The third-order valence-corrected chi connectivity index (χ3v) is 4.50. The minimum Gasteiger partial charge on any atom is -0.381 e. The van der Waals surface area contributed by atoms with E-state index < -0.39 is 0 Å². The Labute approximate surface area is 125 Å². The molecule has 21 heavy (non-hydrogen) atoms. The number of carbonyl (C=O) groups excluding carboxylic acids is 1. The number of nitrogens with zero attached hydrogens (tertiary/aromatic N) is 4. The third kappa shape index (κ3) is 2.82. The van der Waals surface area contributed by atoms with Crippen LogP contribution in [0.1, 0.15) is 34.6 Å². The Bertz CT molecular complexity index is 532. The van der Waals surface area contributed by atoms with Crippen molar-refractivity contribution >= 4 is 5.91 Å². The molecule has 1 fully saturated rings.